The van der Waals surface area contributed by atoms with Crippen LogP contribution in [-0.2, 0) is 3.02 Å². The van der Waals surface area contributed by atoms with Crippen LogP contribution < -0.4 is 0 Å². The summed E-state index contributed by atoms with van der Waals surface area (Å²) in [5, 5.41) is 0. The zero-order valence-corrected chi connectivity index (χ0v) is 5.96. The van der Waals surface area contributed by atoms with Gasteiger partial charge in [-0.25, -0.2) is 0 Å². The predicted molar refractivity (Wildman–Crippen MR) is 22.4 cm³/mol. The molecule has 0 atom stereocenters. The van der Waals surface area contributed by atoms with Crippen molar-refractivity contribution in [3.05, 3.63) is 0 Å². The van der Waals surface area contributed by atoms with Crippen LogP contribution in [0.5, 0.6) is 0 Å². The molecule has 0 bridgehead atoms. The van der Waals surface area contributed by atoms with Crippen molar-refractivity contribution in [2.24, 2.45) is 0 Å². The molecule has 0 aliphatic heterocycles. The molecule has 30 valence electrons. The van der Waals surface area contributed by atoms with Crippen molar-refractivity contribution in [3.8, 4) is 0 Å². The molecular formula is C2H4ClOSb. The molecule has 0 unspecified atom stereocenters. The van der Waals surface area contributed by atoms with Gasteiger partial charge < -0.3 is 0 Å². The van der Waals surface area contributed by atoms with E-state index in [4.69, 9.17) is 11.6 Å². The van der Waals surface area contributed by atoms with Gasteiger partial charge in [0, 0.05) is 0 Å². The third-order valence-corrected chi connectivity index (χ3v) is 0.844. The van der Waals surface area contributed by atoms with Crippen LogP contribution in [0.15, 0.2) is 0 Å². The van der Waals surface area contributed by atoms with Gasteiger partial charge in [0.15, 0.2) is 0 Å². The van der Waals surface area contributed by atoms with Gasteiger partial charge in [0.05, 0.1) is 0 Å². The number of hydrogen-bond acceptors (Lipinski definition) is 1. The Kier molecular flexibility index (Phi) is 6.15. The molecule has 0 aliphatic rings. The van der Waals surface area contributed by atoms with Crippen LogP contribution in [0.4, 0.5) is 0 Å². The zero-order chi connectivity index (χ0) is 4.12. The summed E-state index contributed by atoms with van der Waals surface area (Å²) in [6.45, 7) is 0.677. The predicted octanol–water partition coefficient (Wildman–Crippen LogP) is 0.325. The minimum absolute atomic E-state index is 0.606. The van der Waals surface area contributed by atoms with Crippen LogP contribution in [0.25, 0.3) is 0 Å². The summed E-state index contributed by atoms with van der Waals surface area (Å²) < 4.78 is 4.61. The topological polar surface area (TPSA) is 9.23 Å². The molecule has 2 radical (unpaired) electrons. The first-order valence-corrected chi connectivity index (χ1v) is 2.82. The summed E-state index contributed by atoms with van der Waals surface area (Å²) in [5.41, 5.74) is 0. The molecule has 3 heteroatoms. The van der Waals surface area contributed by atoms with Crippen molar-refractivity contribution in [2.45, 2.75) is 0 Å². The number of hydrogen-bond donors (Lipinski definition) is 0. The van der Waals surface area contributed by atoms with Crippen molar-refractivity contribution >= 4 is 35.0 Å². The Morgan fingerprint density at radius 2 is 2.40 bits per heavy atom. The van der Waals surface area contributed by atoms with Gasteiger partial charge in [-0.2, -0.15) is 0 Å². The van der Waals surface area contributed by atoms with Gasteiger partial charge in [0.25, 0.3) is 0 Å². The summed E-state index contributed by atoms with van der Waals surface area (Å²) in [7, 11) is 0. The maximum absolute atomic E-state index is 5.18. The van der Waals surface area contributed by atoms with Crippen LogP contribution in [0.2, 0.25) is 0 Å². The molecule has 0 amide bonds. The van der Waals surface area contributed by atoms with Gasteiger partial charge in [-0.3, -0.25) is 0 Å². The quantitative estimate of drug-likeness (QED) is 0.462. The molecule has 0 spiro atoms. The molecule has 0 aromatic heterocycles. The van der Waals surface area contributed by atoms with Crippen LogP contribution in [0.3, 0.4) is 0 Å². The van der Waals surface area contributed by atoms with Crippen LogP contribution in [0, 0.1) is 0 Å². The Bertz CT molecular complexity index is 17.1. The van der Waals surface area contributed by atoms with Crippen molar-refractivity contribution in [3.63, 3.8) is 0 Å². The van der Waals surface area contributed by atoms with E-state index in [0.717, 1.165) is 0 Å². The van der Waals surface area contributed by atoms with Gasteiger partial charge >= 0.3 is 50.5 Å². The molecule has 1 nitrogen and oxygen atoms in total. The molecule has 0 rings (SSSR count). The average molecular weight is 201 g/mol. The molecular weight excluding hydrogens is 197 g/mol. The Balaban J connectivity index is 2.19. The Hall–Kier alpha value is 1.07. The van der Waals surface area contributed by atoms with E-state index in [1.165, 1.54) is 23.4 Å². The summed E-state index contributed by atoms with van der Waals surface area (Å²) >= 11 is 6.52. The van der Waals surface area contributed by atoms with E-state index in [0.29, 0.717) is 12.5 Å². The number of alkyl halides is 1. The van der Waals surface area contributed by atoms with Crippen molar-refractivity contribution in [1.82, 2.24) is 0 Å². The first kappa shape index (κ1) is 6.07. The van der Waals surface area contributed by atoms with Gasteiger partial charge in [0.1, 0.15) is 0 Å². The minimum atomic E-state index is 0.606. The van der Waals surface area contributed by atoms with Gasteiger partial charge in [-0.15, -0.1) is 0 Å². The van der Waals surface area contributed by atoms with Crippen molar-refractivity contribution in [2.75, 3.05) is 12.5 Å². The third-order valence-electron chi connectivity index (χ3n) is 0.168. The van der Waals surface area contributed by atoms with E-state index in [-0.39, 0.29) is 0 Å². The summed E-state index contributed by atoms with van der Waals surface area (Å²) in [4.78, 5) is 0. The van der Waals surface area contributed by atoms with E-state index in [1.807, 2.05) is 0 Å². The molecule has 5 heavy (non-hydrogen) atoms. The van der Waals surface area contributed by atoms with E-state index >= 15 is 0 Å². The first-order valence-electron chi connectivity index (χ1n) is 1.24. The molecule has 0 N–H and O–H groups in total. The monoisotopic (exact) mass is 200 g/mol. The second-order valence-corrected chi connectivity index (χ2v) is 1.64. The Labute approximate surface area is 50.7 Å². The Morgan fingerprint density at radius 3 is 2.40 bits per heavy atom. The second-order valence-electron chi connectivity index (χ2n) is 0.522. The first-order chi connectivity index (χ1) is 2.41. The van der Waals surface area contributed by atoms with E-state index in [1.54, 1.807) is 0 Å². The number of halogens is 1. The third kappa shape index (κ3) is 5.07. The molecule has 0 saturated carbocycles. The summed E-state index contributed by atoms with van der Waals surface area (Å²) in [6, 6.07) is 0. The molecule has 0 aromatic rings. The average Bonchev–Trinajstić information content (AvgIpc) is 1.41. The van der Waals surface area contributed by atoms with Gasteiger partial charge in [-0.05, 0) is 0 Å². The van der Waals surface area contributed by atoms with E-state index in [2.05, 4.69) is 3.02 Å². The molecule has 0 fully saturated rings. The summed E-state index contributed by atoms with van der Waals surface area (Å²) in [6.07, 6.45) is 0. The molecule has 0 heterocycles. The number of rotatable bonds is 2. The fourth-order valence-electron chi connectivity index (χ4n) is 0.0345. The molecule has 0 aliphatic carbocycles. The zero-order valence-electron chi connectivity index (χ0n) is 2.65. The van der Waals surface area contributed by atoms with Gasteiger partial charge in [0.2, 0.25) is 0 Å². The van der Waals surface area contributed by atoms with Crippen molar-refractivity contribution in [1.29, 1.82) is 0 Å². The fraction of sp³-hybridized carbons (Fsp3) is 1.00. The van der Waals surface area contributed by atoms with Crippen LogP contribution in [-0.4, -0.2) is 35.9 Å². The Morgan fingerprint density at radius 1 is 1.80 bits per heavy atom. The van der Waals surface area contributed by atoms with Crippen molar-refractivity contribution < 1.29 is 3.02 Å². The van der Waals surface area contributed by atoms with Crippen LogP contribution in [0.1, 0.15) is 0 Å². The molecule has 0 aromatic carbocycles. The maximum atomic E-state index is 5.18. The fourth-order valence-corrected chi connectivity index (χ4v) is 0.694. The standard InChI is InChI=1S/C2H4ClO.Sb/c3-1-2-4;/h1-2H2;/q-1;+1. The molecule has 0 saturated heterocycles. The SMILES string of the molecule is ClCC[O][Sb]. The van der Waals surface area contributed by atoms with E-state index in [9.17, 15) is 0 Å². The summed E-state index contributed by atoms with van der Waals surface area (Å²) in [5.74, 6) is 0.606. The van der Waals surface area contributed by atoms with E-state index < -0.39 is 0 Å². The van der Waals surface area contributed by atoms with Gasteiger partial charge in [-0.1, -0.05) is 0 Å². The normalized spacial score (nSPS) is 8.40. The second kappa shape index (κ2) is 5.07. The van der Waals surface area contributed by atoms with Crippen LogP contribution >= 0.6 is 11.6 Å².